The average Bonchev–Trinajstić information content (AvgIpc) is 3.11. The van der Waals surface area contributed by atoms with Gasteiger partial charge in [0.05, 0.1) is 0 Å². The van der Waals surface area contributed by atoms with Gasteiger partial charge < -0.3 is 4.42 Å². The fourth-order valence-electron chi connectivity index (χ4n) is 2.63. The normalized spacial score (nSPS) is 12.1. The molecule has 25 heavy (non-hydrogen) atoms. The summed E-state index contributed by atoms with van der Waals surface area (Å²) in [6.07, 6.45) is 1.34. The van der Waals surface area contributed by atoms with E-state index < -0.39 is 0 Å². The van der Waals surface area contributed by atoms with E-state index in [9.17, 15) is 4.79 Å². The molecule has 1 atom stereocenters. The van der Waals surface area contributed by atoms with E-state index in [0.29, 0.717) is 18.2 Å². The number of Topliss-reactive ketones (excluding diaryl/α,β-unsaturated/α-hetero) is 1. The van der Waals surface area contributed by atoms with Crippen LogP contribution in [0, 0.1) is 12.8 Å². The molecule has 0 radical (unpaired) electrons. The van der Waals surface area contributed by atoms with Gasteiger partial charge in [-0.2, -0.15) is 0 Å². The number of hydrogen-bond donors (Lipinski definition) is 0. The average molecular weight is 334 g/mol. The molecule has 4 nitrogen and oxygen atoms in total. The van der Waals surface area contributed by atoms with Crippen molar-refractivity contribution in [3.05, 3.63) is 59.7 Å². The predicted octanol–water partition coefficient (Wildman–Crippen LogP) is 4.87. The second-order valence-electron chi connectivity index (χ2n) is 6.38. The third-order valence-electron chi connectivity index (χ3n) is 4.54. The molecule has 0 saturated carbocycles. The molecular formula is C21H22N2O2. The highest BCUT2D eigenvalue weighted by Crippen LogP contribution is 2.26. The number of carbonyl (C=O) groups excluding carboxylic acids is 1. The Kier molecular flexibility index (Phi) is 5.08. The first-order valence-electron chi connectivity index (χ1n) is 8.60. The molecule has 0 aliphatic heterocycles. The van der Waals surface area contributed by atoms with E-state index in [1.807, 2.05) is 69.3 Å². The minimum atomic E-state index is 0.104. The summed E-state index contributed by atoms with van der Waals surface area (Å²) in [6.45, 7) is 6.03. The van der Waals surface area contributed by atoms with Crippen LogP contribution < -0.4 is 0 Å². The van der Waals surface area contributed by atoms with Crippen LogP contribution in [0.4, 0.5) is 0 Å². The fourth-order valence-corrected chi connectivity index (χ4v) is 2.63. The van der Waals surface area contributed by atoms with Gasteiger partial charge in [-0.1, -0.05) is 44.2 Å². The van der Waals surface area contributed by atoms with E-state index in [2.05, 4.69) is 10.2 Å². The van der Waals surface area contributed by atoms with Crippen LogP contribution in [-0.4, -0.2) is 16.0 Å². The summed E-state index contributed by atoms with van der Waals surface area (Å²) in [5.41, 5.74) is 3.90. The zero-order valence-corrected chi connectivity index (χ0v) is 14.8. The molecule has 0 fully saturated rings. The Morgan fingerprint density at radius 1 is 1.04 bits per heavy atom. The molecule has 0 amide bonds. The highest BCUT2D eigenvalue weighted by Gasteiger charge is 2.14. The maximum absolute atomic E-state index is 12.0. The lowest BCUT2D eigenvalue weighted by Crippen LogP contribution is -2.12. The molecule has 0 N–H and O–H groups in total. The molecule has 3 aromatic rings. The summed E-state index contributed by atoms with van der Waals surface area (Å²) >= 11 is 0. The molecule has 4 heteroatoms. The predicted molar refractivity (Wildman–Crippen MR) is 98.1 cm³/mol. The summed E-state index contributed by atoms with van der Waals surface area (Å²) in [4.78, 5) is 12.0. The van der Waals surface area contributed by atoms with E-state index in [4.69, 9.17) is 4.42 Å². The summed E-state index contributed by atoms with van der Waals surface area (Å²) < 4.78 is 5.82. The van der Waals surface area contributed by atoms with Crippen LogP contribution in [0.25, 0.3) is 22.9 Å². The van der Waals surface area contributed by atoms with Gasteiger partial charge >= 0.3 is 0 Å². The monoisotopic (exact) mass is 334 g/mol. The Morgan fingerprint density at radius 3 is 2.40 bits per heavy atom. The fraction of sp³-hybridized carbons (Fsp3) is 0.286. The number of nitrogens with zero attached hydrogens (tertiary/aromatic N) is 2. The molecule has 2 aromatic carbocycles. The van der Waals surface area contributed by atoms with Crippen LogP contribution in [-0.2, 0) is 11.2 Å². The standard InChI is InChI=1S/C21H22N2O2/c1-4-14(2)19(24)13-16-9-11-17(12-10-16)20-22-23-21(25-20)18-8-6-5-7-15(18)3/h5-12,14H,4,13H2,1-3H3. The smallest absolute Gasteiger partial charge is 0.248 e. The Bertz CT molecular complexity index is 866. The number of rotatable bonds is 6. The van der Waals surface area contributed by atoms with Crippen molar-refractivity contribution in [3.8, 4) is 22.9 Å². The Hall–Kier alpha value is -2.75. The molecule has 128 valence electrons. The SMILES string of the molecule is CCC(C)C(=O)Cc1ccc(-c2nnc(-c3ccccc3C)o2)cc1. The number of aryl methyl sites for hydroxylation is 1. The lowest BCUT2D eigenvalue weighted by molar-refractivity contribution is -0.121. The van der Waals surface area contributed by atoms with Gasteiger partial charge in [-0.15, -0.1) is 10.2 Å². The van der Waals surface area contributed by atoms with Crippen molar-refractivity contribution in [2.75, 3.05) is 0 Å². The highest BCUT2D eigenvalue weighted by atomic mass is 16.4. The lowest BCUT2D eigenvalue weighted by atomic mass is 9.97. The van der Waals surface area contributed by atoms with E-state index >= 15 is 0 Å². The van der Waals surface area contributed by atoms with Crippen molar-refractivity contribution >= 4 is 5.78 Å². The molecule has 3 rings (SSSR count). The van der Waals surface area contributed by atoms with Gasteiger partial charge in [0, 0.05) is 23.5 Å². The van der Waals surface area contributed by atoms with Crippen LogP contribution in [0.2, 0.25) is 0 Å². The number of benzene rings is 2. The van der Waals surface area contributed by atoms with E-state index in [1.54, 1.807) is 0 Å². The van der Waals surface area contributed by atoms with Crippen LogP contribution >= 0.6 is 0 Å². The van der Waals surface area contributed by atoms with Crippen LogP contribution in [0.1, 0.15) is 31.4 Å². The first-order chi connectivity index (χ1) is 12.1. The molecule has 0 aliphatic rings. The van der Waals surface area contributed by atoms with Gasteiger partial charge in [-0.25, -0.2) is 0 Å². The number of ketones is 1. The second-order valence-corrected chi connectivity index (χ2v) is 6.38. The van der Waals surface area contributed by atoms with Crippen molar-refractivity contribution in [1.29, 1.82) is 0 Å². The summed E-state index contributed by atoms with van der Waals surface area (Å²) in [5, 5.41) is 8.31. The minimum Gasteiger partial charge on any atom is -0.416 e. The van der Waals surface area contributed by atoms with E-state index in [1.165, 1.54) is 0 Å². The molecular weight excluding hydrogens is 312 g/mol. The van der Waals surface area contributed by atoms with Crippen LogP contribution in [0.15, 0.2) is 52.9 Å². The highest BCUT2D eigenvalue weighted by molar-refractivity contribution is 5.83. The first kappa shape index (κ1) is 17.1. The third-order valence-corrected chi connectivity index (χ3v) is 4.54. The second kappa shape index (κ2) is 7.43. The zero-order valence-electron chi connectivity index (χ0n) is 14.8. The van der Waals surface area contributed by atoms with Crippen molar-refractivity contribution in [2.24, 2.45) is 5.92 Å². The molecule has 0 aliphatic carbocycles. The van der Waals surface area contributed by atoms with E-state index in [-0.39, 0.29) is 11.7 Å². The largest absolute Gasteiger partial charge is 0.416 e. The molecule has 1 aromatic heterocycles. The summed E-state index contributed by atoms with van der Waals surface area (Å²) in [5.74, 6) is 1.38. The van der Waals surface area contributed by atoms with Gasteiger partial charge in [0.15, 0.2) is 0 Å². The lowest BCUT2D eigenvalue weighted by Gasteiger charge is -2.07. The number of hydrogen-bond acceptors (Lipinski definition) is 4. The van der Waals surface area contributed by atoms with Gasteiger partial charge in [0.25, 0.3) is 0 Å². The summed E-state index contributed by atoms with van der Waals surface area (Å²) in [7, 11) is 0. The molecule has 0 saturated heterocycles. The van der Waals surface area contributed by atoms with Crippen LogP contribution in [0.3, 0.4) is 0 Å². The minimum absolute atomic E-state index is 0.104. The Labute approximate surface area is 147 Å². The molecule has 0 bridgehead atoms. The van der Waals surface area contributed by atoms with Gasteiger partial charge in [0.2, 0.25) is 11.8 Å². The first-order valence-corrected chi connectivity index (χ1v) is 8.60. The van der Waals surface area contributed by atoms with Crippen molar-refractivity contribution in [1.82, 2.24) is 10.2 Å². The maximum atomic E-state index is 12.0. The molecule has 1 heterocycles. The topological polar surface area (TPSA) is 56.0 Å². The van der Waals surface area contributed by atoms with Crippen molar-refractivity contribution < 1.29 is 9.21 Å². The Morgan fingerprint density at radius 2 is 1.72 bits per heavy atom. The van der Waals surface area contributed by atoms with Gasteiger partial charge in [-0.3, -0.25) is 4.79 Å². The zero-order chi connectivity index (χ0) is 17.8. The quantitative estimate of drug-likeness (QED) is 0.645. The van der Waals surface area contributed by atoms with E-state index in [0.717, 1.165) is 28.7 Å². The van der Waals surface area contributed by atoms with Gasteiger partial charge in [0.1, 0.15) is 5.78 Å². The van der Waals surface area contributed by atoms with Crippen molar-refractivity contribution in [2.45, 2.75) is 33.6 Å². The van der Waals surface area contributed by atoms with Crippen LogP contribution in [0.5, 0.6) is 0 Å². The van der Waals surface area contributed by atoms with Gasteiger partial charge in [-0.05, 0) is 42.7 Å². The maximum Gasteiger partial charge on any atom is 0.248 e. The third kappa shape index (κ3) is 3.85. The molecule has 0 spiro atoms. The number of aromatic nitrogens is 2. The summed E-state index contributed by atoms with van der Waals surface area (Å²) in [6, 6.07) is 15.7. The Balaban J connectivity index is 1.77. The van der Waals surface area contributed by atoms with Crippen molar-refractivity contribution in [3.63, 3.8) is 0 Å². The number of carbonyl (C=O) groups is 1. The molecule has 1 unspecified atom stereocenters.